The third-order valence-electron chi connectivity index (χ3n) is 6.11. The van der Waals surface area contributed by atoms with E-state index >= 15 is 0 Å². The number of alkyl halides is 5. The lowest BCUT2D eigenvalue weighted by Crippen LogP contribution is -2.73. The summed E-state index contributed by atoms with van der Waals surface area (Å²) in [5.74, 6) is -8.66. The standard InChI is InChI=1S/C20H13F7O4S/c21-12-3-6-15(22)14(7-12)16(28)19(23,24)18-8-17(9-18,10-18)11-1-4-13(5-2-11)31-32(29,30)20(25,26)27/h1-7H,8-10H2. The van der Waals surface area contributed by atoms with Gasteiger partial charge in [0.15, 0.2) is 0 Å². The number of hydrogen-bond acceptors (Lipinski definition) is 4. The van der Waals surface area contributed by atoms with E-state index in [1.54, 1.807) is 0 Å². The summed E-state index contributed by atoms with van der Waals surface area (Å²) in [5.41, 5.74) is -8.70. The molecule has 2 aromatic carbocycles. The van der Waals surface area contributed by atoms with Gasteiger partial charge < -0.3 is 4.18 Å². The molecule has 2 bridgehead atoms. The van der Waals surface area contributed by atoms with E-state index < -0.39 is 61.1 Å². The van der Waals surface area contributed by atoms with Crippen LogP contribution in [0.5, 0.6) is 5.75 Å². The third kappa shape index (κ3) is 3.18. The fourth-order valence-electron chi connectivity index (χ4n) is 4.55. The van der Waals surface area contributed by atoms with Gasteiger partial charge >= 0.3 is 21.5 Å². The van der Waals surface area contributed by atoms with Gasteiger partial charge in [-0.2, -0.15) is 30.4 Å². The first-order valence-electron chi connectivity index (χ1n) is 9.12. The van der Waals surface area contributed by atoms with Gasteiger partial charge in [0, 0.05) is 5.41 Å². The molecule has 0 heterocycles. The topological polar surface area (TPSA) is 60.4 Å². The molecule has 3 aliphatic carbocycles. The van der Waals surface area contributed by atoms with E-state index in [1.807, 2.05) is 0 Å². The van der Waals surface area contributed by atoms with E-state index in [-0.39, 0.29) is 19.3 Å². The molecule has 12 heteroatoms. The van der Waals surface area contributed by atoms with E-state index in [1.165, 1.54) is 12.1 Å². The van der Waals surface area contributed by atoms with Crippen LogP contribution in [0, 0.1) is 17.0 Å². The molecule has 0 amide bonds. The highest BCUT2D eigenvalue weighted by molar-refractivity contribution is 7.88. The van der Waals surface area contributed by atoms with Crippen LogP contribution in [-0.4, -0.2) is 25.6 Å². The van der Waals surface area contributed by atoms with Crippen LogP contribution in [0.25, 0.3) is 0 Å². The Morgan fingerprint density at radius 1 is 0.906 bits per heavy atom. The maximum Gasteiger partial charge on any atom is 0.534 e. The van der Waals surface area contributed by atoms with Crippen LogP contribution in [0.1, 0.15) is 35.2 Å². The predicted octanol–water partition coefficient (Wildman–Crippen LogP) is 5.13. The van der Waals surface area contributed by atoms with Gasteiger partial charge in [0.2, 0.25) is 5.78 Å². The fourth-order valence-corrected chi connectivity index (χ4v) is 5.01. The molecule has 0 atom stereocenters. The molecule has 0 unspecified atom stereocenters. The van der Waals surface area contributed by atoms with Crippen molar-refractivity contribution in [1.82, 2.24) is 0 Å². The minimum Gasteiger partial charge on any atom is -0.376 e. The summed E-state index contributed by atoms with van der Waals surface area (Å²) in [6, 6.07) is 6.17. The molecule has 2 aromatic rings. The lowest BCUT2D eigenvalue weighted by atomic mass is 9.31. The summed E-state index contributed by atoms with van der Waals surface area (Å²) in [6.07, 6.45) is -0.468. The van der Waals surface area contributed by atoms with Crippen molar-refractivity contribution in [2.45, 2.75) is 36.1 Å². The number of halogens is 7. The zero-order valence-electron chi connectivity index (χ0n) is 15.8. The van der Waals surface area contributed by atoms with Crippen molar-refractivity contribution in [3.8, 4) is 5.75 Å². The average molecular weight is 482 g/mol. The molecule has 0 aromatic heterocycles. The Morgan fingerprint density at radius 2 is 1.47 bits per heavy atom. The van der Waals surface area contributed by atoms with Crippen LogP contribution >= 0.6 is 0 Å². The number of ketones is 1. The maximum atomic E-state index is 14.9. The van der Waals surface area contributed by atoms with E-state index in [4.69, 9.17) is 0 Å². The van der Waals surface area contributed by atoms with Crippen molar-refractivity contribution in [3.05, 3.63) is 65.2 Å². The summed E-state index contributed by atoms with van der Waals surface area (Å²) < 4.78 is 120. The van der Waals surface area contributed by atoms with Gasteiger partial charge in [-0.1, -0.05) is 12.1 Å². The minimum absolute atomic E-state index is 0.156. The van der Waals surface area contributed by atoms with E-state index in [9.17, 15) is 43.9 Å². The van der Waals surface area contributed by atoms with Gasteiger partial charge in [-0.3, -0.25) is 4.79 Å². The second-order valence-corrected chi connectivity index (χ2v) is 9.66. The Balaban J connectivity index is 1.49. The highest BCUT2D eigenvalue weighted by Gasteiger charge is 2.79. The third-order valence-corrected chi connectivity index (χ3v) is 7.09. The van der Waals surface area contributed by atoms with Crippen molar-refractivity contribution in [2.75, 3.05) is 0 Å². The summed E-state index contributed by atoms with van der Waals surface area (Å²) in [5, 5.41) is 0. The number of carbonyl (C=O) groups excluding carboxylic acids is 1. The summed E-state index contributed by atoms with van der Waals surface area (Å²) in [6.45, 7) is 0. The van der Waals surface area contributed by atoms with Crippen molar-refractivity contribution < 1.29 is 48.1 Å². The van der Waals surface area contributed by atoms with Gasteiger partial charge in [-0.15, -0.1) is 0 Å². The van der Waals surface area contributed by atoms with Gasteiger partial charge in [-0.05, 0) is 60.6 Å². The molecular weight excluding hydrogens is 469 g/mol. The fraction of sp³-hybridized carbons (Fsp3) is 0.350. The Labute approximate surface area is 177 Å². The molecule has 3 aliphatic rings. The summed E-state index contributed by atoms with van der Waals surface area (Å²) >= 11 is 0. The Morgan fingerprint density at radius 3 is 2.00 bits per heavy atom. The van der Waals surface area contributed by atoms with Gasteiger partial charge in [0.05, 0.1) is 5.56 Å². The lowest BCUT2D eigenvalue weighted by molar-refractivity contribution is -0.256. The van der Waals surface area contributed by atoms with Gasteiger partial charge in [-0.25, -0.2) is 8.78 Å². The Bertz CT molecular complexity index is 1180. The molecule has 0 saturated heterocycles. The zero-order chi connectivity index (χ0) is 23.7. The Hall–Kier alpha value is -2.63. The SMILES string of the molecule is O=C(c1cc(F)ccc1F)C(F)(F)C12CC(c3ccc(OS(=O)(=O)C(F)(F)F)cc3)(C1)C2. The number of hydrogen-bond donors (Lipinski definition) is 0. The van der Waals surface area contributed by atoms with Crippen LogP contribution in [0.2, 0.25) is 0 Å². The van der Waals surface area contributed by atoms with Crippen molar-refractivity contribution in [3.63, 3.8) is 0 Å². The normalized spacial score (nSPS) is 25.0. The predicted molar refractivity (Wildman–Crippen MR) is 95.6 cm³/mol. The van der Waals surface area contributed by atoms with Crippen LogP contribution < -0.4 is 4.18 Å². The van der Waals surface area contributed by atoms with E-state index in [0.29, 0.717) is 23.8 Å². The van der Waals surface area contributed by atoms with Gasteiger partial charge in [0.25, 0.3) is 0 Å². The molecular formula is C20H13F7O4S. The monoisotopic (exact) mass is 482 g/mol. The molecule has 32 heavy (non-hydrogen) atoms. The molecule has 5 rings (SSSR count). The summed E-state index contributed by atoms with van der Waals surface area (Å²) in [4.78, 5) is 12.3. The maximum absolute atomic E-state index is 14.9. The van der Waals surface area contributed by atoms with Crippen LogP contribution in [-0.2, 0) is 15.5 Å². The average Bonchev–Trinajstić information content (AvgIpc) is 2.61. The van der Waals surface area contributed by atoms with Crippen molar-refractivity contribution in [2.24, 2.45) is 5.41 Å². The van der Waals surface area contributed by atoms with Crippen LogP contribution in [0.15, 0.2) is 42.5 Å². The molecule has 0 aliphatic heterocycles. The highest BCUT2D eigenvalue weighted by Crippen LogP contribution is 2.78. The minimum atomic E-state index is -5.85. The second kappa shape index (κ2) is 6.69. The number of carbonyl (C=O) groups is 1. The molecule has 0 spiro atoms. The van der Waals surface area contributed by atoms with E-state index in [0.717, 1.165) is 12.1 Å². The molecule has 3 fully saturated rings. The quantitative estimate of drug-likeness (QED) is 0.248. The number of rotatable bonds is 6. The molecule has 0 N–H and O–H groups in total. The second-order valence-electron chi connectivity index (χ2n) is 8.13. The van der Waals surface area contributed by atoms with Crippen LogP contribution in [0.3, 0.4) is 0 Å². The first-order chi connectivity index (χ1) is 14.6. The number of benzene rings is 2. The lowest BCUT2D eigenvalue weighted by Gasteiger charge is -2.72. The molecule has 172 valence electrons. The number of Topliss-reactive ketones (excluding diaryl/α,β-unsaturated/α-hetero) is 1. The molecule has 3 saturated carbocycles. The van der Waals surface area contributed by atoms with Crippen LogP contribution in [0.4, 0.5) is 30.7 Å². The Kier molecular flexibility index (Phi) is 4.72. The van der Waals surface area contributed by atoms with Crippen molar-refractivity contribution >= 4 is 15.9 Å². The van der Waals surface area contributed by atoms with Gasteiger partial charge in [0.1, 0.15) is 17.4 Å². The van der Waals surface area contributed by atoms with Crippen molar-refractivity contribution in [1.29, 1.82) is 0 Å². The highest BCUT2D eigenvalue weighted by atomic mass is 32.2. The molecule has 0 radical (unpaired) electrons. The first-order valence-corrected chi connectivity index (χ1v) is 10.5. The smallest absolute Gasteiger partial charge is 0.376 e. The first kappa shape index (κ1) is 22.6. The largest absolute Gasteiger partial charge is 0.534 e. The summed E-state index contributed by atoms with van der Waals surface area (Å²) in [7, 11) is -5.85. The molecule has 4 nitrogen and oxygen atoms in total. The zero-order valence-corrected chi connectivity index (χ0v) is 16.7. The van der Waals surface area contributed by atoms with E-state index in [2.05, 4.69) is 4.18 Å².